The zero-order valence-corrected chi connectivity index (χ0v) is 16.4. The molecule has 2 heterocycles. The molecular weight excluding hydrogens is 342 g/mol. The van der Waals surface area contributed by atoms with E-state index in [4.69, 9.17) is 0 Å². The molecule has 0 saturated carbocycles. The third kappa shape index (κ3) is 3.95. The molecule has 1 aliphatic heterocycles. The van der Waals surface area contributed by atoms with Crippen LogP contribution in [0.2, 0.25) is 0 Å². The van der Waals surface area contributed by atoms with Crippen LogP contribution in [0.25, 0.3) is 10.9 Å². The van der Waals surface area contributed by atoms with Crippen LogP contribution in [-0.4, -0.2) is 65.0 Å². The Morgan fingerprint density at radius 2 is 1.93 bits per heavy atom. The Bertz CT molecular complexity index is 878. The van der Waals surface area contributed by atoms with Crippen LogP contribution < -0.4 is 0 Å². The molecule has 1 aromatic heterocycles. The Balaban J connectivity index is 2.03. The summed E-state index contributed by atoms with van der Waals surface area (Å²) >= 11 is 0. The monoisotopic (exact) mass is 369 g/mol. The Hall–Kier alpha value is -2.47. The zero-order chi connectivity index (χ0) is 19.7. The van der Waals surface area contributed by atoms with Crippen LogP contribution in [0.3, 0.4) is 0 Å². The molecule has 0 spiro atoms. The number of hydrogen-bond acceptors (Lipinski definition) is 4. The predicted octanol–water partition coefficient (Wildman–Crippen LogP) is 2.72. The molecule has 1 aliphatic rings. The molecule has 6 heteroatoms. The summed E-state index contributed by atoms with van der Waals surface area (Å²) in [5.41, 5.74) is 3.24. The highest BCUT2D eigenvalue weighted by Crippen LogP contribution is 2.26. The Kier molecular flexibility index (Phi) is 5.46. The van der Waals surface area contributed by atoms with Crippen molar-refractivity contribution in [3.8, 4) is 0 Å². The number of para-hydroxylation sites is 1. The van der Waals surface area contributed by atoms with Crippen molar-refractivity contribution in [1.29, 1.82) is 0 Å². The van der Waals surface area contributed by atoms with Gasteiger partial charge in [-0.1, -0.05) is 18.2 Å². The molecule has 144 valence electrons. The number of nitrogens with zero attached hydrogens (tertiary/aromatic N) is 3. The molecular formula is C21H27N3O3. The van der Waals surface area contributed by atoms with E-state index in [-0.39, 0.29) is 18.5 Å². The number of aryl methyl sites for hydroxylation is 2. The van der Waals surface area contributed by atoms with Gasteiger partial charge in [-0.2, -0.15) is 0 Å². The average molecular weight is 369 g/mol. The number of carbonyl (C=O) groups is 2. The molecule has 1 aromatic carbocycles. The number of aliphatic carboxylic acids is 1. The van der Waals surface area contributed by atoms with Gasteiger partial charge in [-0.05, 0) is 52.4 Å². The second-order valence-electron chi connectivity index (χ2n) is 7.72. The fraction of sp³-hybridized carbons (Fsp3) is 0.476. The first-order valence-electron chi connectivity index (χ1n) is 9.33. The van der Waals surface area contributed by atoms with Crippen molar-refractivity contribution in [2.75, 3.05) is 27.2 Å². The van der Waals surface area contributed by atoms with Crippen LogP contribution in [0.4, 0.5) is 0 Å². The average Bonchev–Trinajstić information content (AvgIpc) is 2.85. The normalized spacial score (nSPS) is 20.7. The predicted molar refractivity (Wildman–Crippen MR) is 105 cm³/mol. The van der Waals surface area contributed by atoms with E-state index in [1.807, 2.05) is 52.2 Å². The Morgan fingerprint density at radius 3 is 2.59 bits per heavy atom. The van der Waals surface area contributed by atoms with Crippen molar-refractivity contribution in [3.05, 3.63) is 41.1 Å². The van der Waals surface area contributed by atoms with E-state index < -0.39 is 11.9 Å². The molecule has 1 amide bonds. The van der Waals surface area contributed by atoms with E-state index in [0.717, 1.165) is 28.6 Å². The number of benzene rings is 1. The van der Waals surface area contributed by atoms with Crippen LogP contribution in [0.15, 0.2) is 24.3 Å². The number of carboxylic acid groups (broad SMARTS) is 1. The van der Waals surface area contributed by atoms with Crippen molar-refractivity contribution in [3.63, 3.8) is 0 Å². The number of rotatable bonds is 3. The molecule has 1 N–H and O–H groups in total. The first-order valence-corrected chi connectivity index (χ1v) is 9.33. The van der Waals surface area contributed by atoms with Crippen molar-refractivity contribution in [2.45, 2.75) is 32.7 Å². The molecule has 2 atom stereocenters. The standard InChI is InChI=1S/C21H27N3O3/c1-13-6-5-7-17-18(10-14(2)22-19(13)17)20(25)24-11-15(21(26)27)8-9-16(12-24)23(3)4/h5-7,10,15-16H,8-9,11-12H2,1-4H3,(H,26,27)/t15-,16+/m0/s1. The van der Waals surface area contributed by atoms with Crippen LogP contribution in [-0.2, 0) is 4.79 Å². The van der Waals surface area contributed by atoms with Gasteiger partial charge in [0, 0.05) is 30.2 Å². The number of carboxylic acids is 1. The van der Waals surface area contributed by atoms with E-state index >= 15 is 0 Å². The summed E-state index contributed by atoms with van der Waals surface area (Å²) in [4.78, 5) is 33.5. The summed E-state index contributed by atoms with van der Waals surface area (Å²) in [7, 11) is 3.95. The maximum atomic E-state index is 13.5. The molecule has 6 nitrogen and oxygen atoms in total. The number of hydrogen-bond donors (Lipinski definition) is 1. The highest BCUT2D eigenvalue weighted by atomic mass is 16.4. The van der Waals surface area contributed by atoms with Gasteiger partial charge in [-0.15, -0.1) is 0 Å². The highest BCUT2D eigenvalue weighted by molar-refractivity contribution is 6.07. The molecule has 27 heavy (non-hydrogen) atoms. The molecule has 1 saturated heterocycles. The second-order valence-corrected chi connectivity index (χ2v) is 7.72. The van der Waals surface area contributed by atoms with Gasteiger partial charge in [-0.3, -0.25) is 14.6 Å². The van der Waals surface area contributed by atoms with E-state index in [1.54, 1.807) is 4.90 Å². The van der Waals surface area contributed by atoms with Crippen molar-refractivity contribution >= 4 is 22.8 Å². The first kappa shape index (κ1) is 19.3. The summed E-state index contributed by atoms with van der Waals surface area (Å²) < 4.78 is 0. The number of carbonyl (C=O) groups excluding carboxylic acids is 1. The Labute approximate surface area is 159 Å². The van der Waals surface area contributed by atoms with E-state index in [0.29, 0.717) is 18.5 Å². The highest BCUT2D eigenvalue weighted by Gasteiger charge is 2.32. The van der Waals surface area contributed by atoms with Crippen LogP contribution in [0, 0.1) is 19.8 Å². The van der Waals surface area contributed by atoms with Gasteiger partial charge in [-0.25, -0.2) is 0 Å². The van der Waals surface area contributed by atoms with Crippen molar-refractivity contribution in [2.24, 2.45) is 5.92 Å². The maximum absolute atomic E-state index is 13.5. The lowest BCUT2D eigenvalue weighted by molar-refractivity contribution is -0.142. The summed E-state index contributed by atoms with van der Waals surface area (Å²) in [5, 5.41) is 10.4. The number of aromatic nitrogens is 1. The SMILES string of the molecule is Cc1cc(C(=O)N2C[C@@H](C(=O)O)CC[C@@H](N(C)C)C2)c2cccc(C)c2n1. The van der Waals surface area contributed by atoms with Gasteiger partial charge in [0.05, 0.1) is 17.0 Å². The summed E-state index contributed by atoms with van der Waals surface area (Å²) in [5.74, 6) is -1.48. The summed E-state index contributed by atoms with van der Waals surface area (Å²) in [6, 6.07) is 7.79. The zero-order valence-electron chi connectivity index (χ0n) is 16.4. The molecule has 0 aliphatic carbocycles. The van der Waals surface area contributed by atoms with Crippen LogP contribution in [0.5, 0.6) is 0 Å². The largest absolute Gasteiger partial charge is 0.481 e. The summed E-state index contributed by atoms with van der Waals surface area (Å²) in [6.45, 7) is 4.64. The van der Waals surface area contributed by atoms with Gasteiger partial charge < -0.3 is 14.9 Å². The van der Waals surface area contributed by atoms with E-state index in [9.17, 15) is 14.7 Å². The minimum atomic E-state index is -0.834. The quantitative estimate of drug-likeness (QED) is 0.900. The fourth-order valence-corrected chi connectivity index (χ4v) is 3.83. The van der Waals surface area contributed by atoms with Crippen molar-refractivity contribution in [1.82, 2.24) is 14.8 Å². The van der Waals surface area contributed by atoms with Gasteiger partial charge in [0.1, 0.15) is 0 Å². The lowest BCUT2D eigenvalue weighted by Crippen LogP contribution is -2.43. The Morgan fingerprint density at radius 1 is 1.19 bits per heavy atom. The van der Waals surface area contributed by atoms with Crippen LogP contribution >= 0.6 is 0 Å². The molecule has 0 unspecified atom stereocenters. The van der Waals surface area contributed by atoms with E-state index in [1.165, 1.54) is 0 Å². The number of pyridine rings is 1. The van der Waals surface area contributed by atoms with Gasteiger partial charge in [0.2, 0.25) is 0 Å². The number of likely N-dealkylation sites (tertiary alicyclic amines) is 1. The number of fused-ring (bicyclic) bond motifs is 1. The maximum Gasteiger partial charge on any atom is 0.308 e. The second kappa shape index (κ2) is 7.64. The molecule has 2 aromatic rings. The first-order chi connectivity index (χ1) is 12.8. The third-order valence-electron chi connectivity index (χ3n) is 5.49. The van der Waals surface area contributed by atoms with Crippen LogP contribution in [0.1, 0.15) is 34.5 Å². The minimum Gasteiger partial charge on any atom is -0.481 e. The van der Waals surface area contributed by atoms with Gasteiger partial charge in [0.25, 0.3) is 5.91 Å². The number of likely N-dealkylation sites (N-methyl/N-ethyl adjacent to an activating group) is 1. The molecule has 0 radical (unpaired) electrons. The topological polar surface area (TPSA) is 73.7 Å². The van der Waals surface area contributed by atoms with Gasteiger partial charge >= 0.3 is 5.97 Å². The smallest absolute Gasteiger partial charge is 0.308 e. The molecule has 1 fully saturated rings. The fourth-order valence-electron chi connectivity index (χ4n) is 3.83. The van der Waals surface area contributed by atoms with Crippen molar-refractivity contribution < 1.29 is 14.7 Å². The van der Waals surface area contributed by atoms with Gasteiger partial charge in [0.15, 0.2) is 0 Å². The molecule has 0 bridgehead atoms. The summed E-state index contributed by atoms with van der Waals surface area (Å²) in [6.07, 6.45) is 1.35. The number of amides is 1. The molecule has 3 rings (SSSR count). The minimum absolute atomic E-state index is 0.115. The third-order valence-corrected chi connectivity index (χ3v) is 5.49. The lowest BCUT2D eigenvalue weighted by Gasteiger charge is -2.29. The van der Waals surface area contributed by atoms with E-state index in [2.05, 4.69) is 9.88 Å². The lowest BCUT2D eigenvalue weighted by atomic mass is 10.0.